The van der Waals surface area contributed by atoms with Crippen molar-refractivity contribution < 1.29 is 28.2 Å². The average Bonchev–Trinajstić information content (AvgIpc) is 3.45. The molecule has 0 radical (unpaired) electrons. The van der Waals surface area contributed by atoms with E-state index in [1.54, 1.807) is 13.3 Å². The van der Waals surface area contributed by atoms with Crippen molar-refractivity contribution in [1.82, 2.24) is 20.1 Å². The van der Waals surface area contributed by atoms with Crippen LogP contribution in [0.15, 0.2) is 12.3 Å². The monoisotopic (exact) mass is 546 g/mol. The van der Waals surface area contributed by atoms with E-state index in [4.69, 9.17) is 14.2 Å². The van der Waals surface area contributed by atoms with E-state index in [0.29, 0.717) is 57.8 Å². The number of halogens is 1. The Labute approximate surface area is 230 Å². The second-order valence-corrected chi connectivity index (χ2v) is 12.6. The van der Waals surface area contributed by atoms with Gasteiger partial charge < -0.3 is 29.3 Å². The third kappa shape index (κ3) is 5.99. The van der Waals surface area contributed by atoms with Crippen LogP contribution in [0.3, 0.4) is 0 Å². The number of amides is 2. The molecule has 216 valence electrons. The first kappa shape index (κ1) is 28.4. The molecule has 3 aliphatic heterocycles. The molecule has 1 saturated carbocycles. The second kappa shape index (κ2) is 11.4. The molecule has 2 unspecified atom stereocenters. The summed E-state index contributed by atoms with van der Waals surface area (Å²) in [5, 5.41) is 3.79. The molecule has 2 amide bonds. The van der Waals surface area contributed by atoms with Gasteiger partial charge in [-0.2, -0.15) is 0 Å². The lowest BCUT2D eigenvalue weighted by Gasteiger charge is -2.37. The summed E-state index contributed by atoms with van der Waals surface area (Å²) in [5.41, 5.74) is 1.31. The van der Waals surface area contributed by atoms with Gasteiger partial charge in [0.15, 0.2) is 0 Å². The van der Waals surface area contributed by atoms with Crippen LogP contribution in [-0.4, -0.2) is 97.0 Å². The Morgan fingerprint density at radius 2 is 2.13 bits per heavy atom. The quantitative estimate of drug-likeness (QED) is 0.561. The first-order valence-electron chi connectivity index (χ1n) is 14.2. The molecule has 2 saturated heterocycles. The minimum atomic E-state index is -0.661. The molecule has 5 atom stereocenters. The summed E-state index contributed by atoms with van der Waals surface area (Å²) in [6, 6.07) is 2.16. The van der Waals surface area contributed by atoms with Gasteiger partial charge in [0, 0.05) is 75.9 Å². The lowest BCUT2D eigenvalue weighted by molar-refractivity contribution is -0.145. The molecule has 1 aromatic heterocycles. The number of nitrogens with one attached hydrogen (secondary N) is 1. The van der Waals surface area contributed by atoms with Crippen molar-refractivity contribution in [3.05, 3.63) is 29.1 Å². The van der Waals surface area contributed by atoms with Gasteiger partial charge in [-0.15, -0.1) is 0 Å². The van der Waals surface area contributed by atoms with Crippen molar-refractivity contribution in [3.8, 4) is 0 Å². The van der Waals surface area contributed by atoms with E-state index in [1.807, 2.05) is 36.6 Å². The highest BCUT2D eigenvalue weighted by Gasteiger charge is 2.59. The zero-order valence-corrected chi connectivity index (χ0v) is 23.7. The van der Waals surface area contributed by atoms with Gasteiger partial charge in [-0.25, -0.2) is 4.39 Å². The molecule has 0 bridgehead atoms. The van der Waals surface area contributed by atoms with E-state index < -0.39 is 17.7 Å². The van der Waals surface area contributed by atoms with E-state index >= 15 is 0 Å². The number of hydrogen-bond acceptors (Lipinski definition) is 7. The zero-order chi connectivity index (χ0) is 27.8. The number of rotatable bonds is 7. The van der Waals surface area contributed by atoms with Crippen molar-refractivity contribution in [2.45, 2.75) is 83.5 Å². The summed E-state index contributed by atoms with van der Waals surface area (Å²) in [7, 11) is 1.71. The van der Waals surface area contributed by atoms with Gasteiger partial charge in [0.25, 0.3) is 0 Å². The number of nitrogens with zero attached hydrogens (tertiary/aromatic N) is 3. The van der Waals surface area contributed by atoms with Crippen LogP contribution in [0, 0.1) is 11.3 Å². The van der Waals surface area contributed by atoms with E-state index in [9.17, 15) is 14.0 Å². The summed E-state index contributed by atoms with van der Waals surface area (Å²) in [5.74, 6) is 0.0784. The lowest BCUT2D eigenvalue weighted by atomic mass is 9.78. The Bertz CT molecular complexity index is 1060. The third-order valence-corrected chi connectivity index (χ3v) is 8.88. The van der Waals surface area contributed by atoms with Crippen LogP contribution in [0.1, 0.15) is 56.9 Å². The molecule has 0 aromatic carbocycles. The number of ether oxygens (including phenoxy) is 3. The highest BCUT2D eigenvalue weighted by atomic mass is 19.1. The Morgan fingerprint density at radius 1 is 1.31 bits per heavy atom. The normalized spacial score (nSPS) is 30.8. The fourth-order valence-corrected chi connectivity index (χ4v) is 6.86. The standard InChI is InChI=1S/C29H43FN4O5/c1-28(2,3)39-17-26(35)34-15-21-10-22(32-24-6-8-38-16-25(24)37-4)11-29(21,18-34)27(36)33-7-5-23-20(14-33)9-19(12-30)13-31-23/h9,13,21-22,24-25,32H,5-8,10-12,14-18H2,1-4H3/t21-,22+,24?,25?,29-/m0/s1. The molecule has 1 aromatic rings. The van der Waals surface area contributed by atoms with Crippen molar-refractivity contribution in [2.24, 2.45) is 11.3 Å². The molecule has 5 rings (SSSR count). The van der Waals surface area contributed by atoms with Crippen LogP contribution in [0.25, 0.3) is 0 Å². The minimum absolute atomic E-state index is 0.00846. The largest absolute Gasteiger partial charge is 0.379 e. The summed E-state index contributed by atoms with van der Waals surface area (Å²) < 4.78 is 30.4. The van der Waals surface area contributed by atoms with Gasteiger partial charge in [0.05, 0.1) is 23.7 Å². The maximum absolute atomic E-state index is 14.4. The number of pyridine rings is 1. The van der Waals surface area contributed by atoms with Gasteiger partial charge in [0.2, 0.25) is 11.8 Å². The summed E-state index contributed by atoms with van der Waals surface area (Å²) in [4.78, 5) is 35.7. The fourth-order valence-electron chi connectivity index (χ4n) is 6.86. The molecule has 9 nitrogen and oxygen atoms in total. The Morgan fingerprint density at radius 3 is 2.87 bits per heavy atom. The van der Waals surface area contributed by atoms with Crippen molar-refractivity contribution in [2.75, 3.05) is 46.6 Å². The van der Waals surface area contributed by atoms with Crippen LogP contribution in [0.4, 0.5) is 4.39 Å². The van der Waals surface area contributed by atoms with Gasteiger partial charge >= 0.3 is 0 Å². The maximum Gasteiger partial charge on any atom is 0.248 e. The predicted octanol–water partition coefficient (Wildman–Crippen LogP) is 2.25. The van der Waals surface area contributed by atoms with Crippen molar-refractivity contribution in [1.29, 1.82) is 0 Å². The van der Waals surface area contributed by atoms with Gasteiger partial charge in [-0.3, -0.25) is 14.6 Å². The van der Waals surface area contributed by atoms with Crippen LogP contribution in [0.2, 0.25) is 0 Å². The number of likely N-dealkylation sites (tertiary alicyclic amines) is 1. The molecule has 10 heteroatoms. The molecule has 1 N–H and O–H groups in total. The van der Waals surface area contributed by atoms with Gasteiger partial charge in [-0.05, 0) is 57.6 Å². The first-order chi connectivity index (χ1) is 18.6. The van der Waals surface area contributed by atoms with E-state index in [2.05, 4.69) is 10.3 Å². The summed E-state index contributed by atoms with van der Waals surface area (Å²) >= 11 is 0. The number of carbonyl (C=O) groups is 2. The Hall–Kier alpha value is -2.14. The number of hydrogen-bond donors (Lipinski definition) is 1. The van der Waals surface area contributed by atoms with E-state index in [-0.39, 0.29) is 42.5 Å². The molecular weight excluding hydrogens is 503 g/mol. The maximum atomic E-state index is 14.4. The molecule has 1 aliphatic carbocycles. The smallest absolute Gasteiger partial charge is 0.248 e. The SMILES string of the molecule is COC1COCCC1N[C@@H]1C[C@H]2CN(C(=O)COC(C)(C)C)C[C@@]2(C(=O)N2CCc3ncc(CF)cc3C2)C1. The predicted molar refractivity (Wildman–Crippen MR) is 143 cm³/mol. The average molecular weight is 547 g/mol. The Balaban J connectivity index is 1.35. The highest BCUT2D eigenvalue weighted by molar-refractivity contribution is 5.87. The number of aromatic nitrogens is 1. The van der Waals surface area contributed by atoms with Crippen LogP contribution in [0.5, 0.6) is 0 Å². The van der Waals surface area contributed by atoms with Crippen LogP contribution < -0.4 is 5.32 Å². The van der Waals surface area contributed by atoms with E-state index in [1.165, 1.54) is 0 Å². The van der Waals surface area contributed by atoms with Crippen LogP contribution >= 0.6 is 0 Å². The molecule has 4 heterocycles. The lowest BCUT2D eigenvalue weighted by Crippen LogP contribution is -2.52. The van der Waals surface area contributed by atoms with Crippen LogP contribution in [-0.2, 0) is 43.4 Å². The molecule has 0 spiro atoms. The third-order valence-electron chi connectivity index (χ3n) is 8.88. The highest BCUT2D eigenvalue weighted by Crippen LogP contribution is 2.50. The minimum Gasteiger partial charge on any atom is -0.379 e. The summed E-state index contributed by atoms with van der Waals surface area (Å²) in [6.45, 7) is 8.43. The molecular formula is C29H43FN4O5. The van der Waals surface area contributed by atoms with Crippen molar-refractivity contribution >= 4 is 11.8 Å². The number of carbonyl (C=O) groups excluding carboxylic acids is 2. The number of fused-ring (bicyclic) bond motifs is 2. The second-order valence-electron chi connectivity index (χ2n) is 12.6. The first-order valence-corrected chi connectivity index (χ1v) is 14.2. The molecule has 4 aliphatic rings. The Kier molecular flexibility index (Phi) is 8.29. The van der Waals surface area contributed by atoms with Gasteiger partial charge in [0.1, 0.15) is 13.3 Å². The number of methoxy groups -OCH3 is 1. The molecule has 39 heavy (non-hydrogen) atoms. The summed E-state index contributed by atoms with van der Waals surface area (Å²) in [6.07, 6.45) is 4.57. The fraction of sp³-hybridized carbons (Fsp3) is 0.759. The number of alkyl halides is 1. The van der Waals surface area contributed by atoms with Crippen molar-refractivity contribution in [3.63, 3.8) is 0 Å². The molecule has 3 fully saturated rings. The van der Waals surface area contributed by atoms with Gasteiger partial charge in [-0.1, -0.05) is 0 Å². The van der Waals surface area contributed by atoms with E-state index in [0.717, 1.165) is 24.1 Å². The zero-order valence-electron chi connectivity index (χ0n) is 23.7. The topological polar surface area (TPSA) is 93.2 Å².